The van der Waals surface area contributed by atoms with Gasteiger partial charge < -0.3 is 5.73 Å². The predicted octanol–water partition coefficient (Wildman–Crippen LogP) is 2.76. The number of halogens is 6. The van der Waals surface area contributed by atoms with E-state index in [1.54, 1.807) is 0 Å². The molecule has 120 valence electrons. The van der Waals surface area contributed by atoms with E-state index in [2.05, 4.69) is 0 Å². The summed E-state index contributed by atoms with van der Waals surface area (Å²) in [6.45, 7) is -0.524. The lowest BCUT2D eigenvalue weighted by molar-refractivity contribution is -0.137. The molecule has 0 heterocycles. The van der Waals surface area contributed by atoms with Gasteiger partial charge in [0.2, 0.25) is 0 Å². The molecule has 0 saturated heterocycles. The first-order valence-electron chi connectivity index (χ1n) is 5.58. The van der Waals surface area contributed by atoms with Crippen LogP contribution < -0.4 is 5.73 Å². The summed E-state index contributed by atoms with van der Waals surface area (Å²) >= 11 is 0. The SMILES string of the molecule is NCCC(C(F)(F)F)S(=O)(=O)c1ccc(C(F)(F)F)cc1. The normalized spacial score (nSPS) is 15.0. The van der Waals surface area contributed by atoms with Gasteiger partial charge in [-0.25, -0.2) is 8.42 Å². The summed E-state index contributed by atoms with van der Waals surface area (Å²) in [5.74, 6) is 0. The van der Waals surface area contributed by atoms with Crippen LogP contribution in [0, 0.1) is 0 Å². The molecular weight excluding hydrogens is 324 g/mol. The highest BCUT2D eigenvalue weighted by molar-refractivity contribution is 7.92. The molecule has 0 aliphatic carbocycles. The molecule has 0 aliphatic rings. The van der Waals surface area contributed by atoms with Gasteiger partial charge in [-0.2, -0.15) is 26.3 Å². The number of sulfone groups is 1. The molecule has 1 rings (SSSR count). The second-order valence-electron chi connectivity index (χ2n) is 4.17. The second-order valence-corrected chi connectivity index (χ2v) is 6.31. The molecular formula is C11H11F6NO2S. The molecule has 21 heavy (non-hydrogen) atoms. The number of alkyl halides is 6. The Morgan fingerprint density at radius 3 is 1.81 bits per heavy atom. The van der Waals surface area contributed by atoms with E-state index in [0.717, 1.165) is 0 Å². The third kappa shape index (κ3) is 4.10. The van der Waals surface area contributed by atoms with Crippen LogP contribution in [-0.2, 0) is 16.0 Å². The zero-order chi connectivity index (χ0) is 16.5. The minimum absolute atomic E-state index is 0.419. The van der Waals surface area contributed by atoms with Crippen molar-refractivity contribution in [3.63, 3.8) is 0 Å². The maximum atomic E-state index is 12.7. The number of hydrogen-bond donors (Lipinski definition) is 1. The zero-order valence-electron chi connectivity index (χ0n) is 10.4. The molecule has 0 spiro atoms. The quantitative estimate of drug-likeness (QED) is 0.861. The third-order valence-electron chi connectivity index (χ3n) is 2.68. The van der Waals surface area contributed by atoms with Crippen molar-refractivity contribution in [2.24, 2.45) is 5.73 Å². The van der Waals surface area contributed by atoms with Crippen molar-refractivity contribution in [1.82, 2.24) is 0 Å². The molecule has 1 atom stereocenters. The molecule has 10 heteroatoms. The van der Waals surface area contributed by atoms with Crippen molar-refractivity contribution in [2.75, 3.05) is 6.54 Å². The van der Waals surface area contributed by atoms with E-state index < -0.39 is 50.9 Å². The number of nitrogens with two attached hydrogens (primary N) is 1. The molecule has 0 aromatic heterocycles. The minimum Gasteiger partial charge on any atom is -0.330 e. The van der Waals surface area contributed by atoms with Gasteiger partial charge in [0.1, 0.15) is 0 Å². The van der Waals surface area contributed by atoms with Crippen molar-refractivity contribution >= 4 is 9.84 Å². The van der Waals surface area contributed by atoms with Crippen molar-refractivity contribution in [3.05, 3.63) is 29.8 Å². The first kappa shape index (κ1) is 17.8. The number of rotatable bonds is 4. The minimum atomic E-state index is -5.05. The average molecular weight is 335 g/mol. The van der Waals surface area contributed by atoms with E-state index in [1.165, 1.54) is 0 Å². The molecule has 1 aromatic carbocycles. The van der Waals surface area contributed by atoms with Gasteiger partial charge in [0.15, 0.2) is 15.1 Å². The summed E-state index contributed by atoms with van der Waals surface area (Å²) in [6, 6.07) is 1.85. The maximum absolute atomic E-state index is 12.7. The van der Waals surface area contributed by atoms with E-state index in [1.807, 2.05) is 0 Å². The molecule has 0 bridgehead atoms. The summed E-state index contributed by atoms with van der Waals surface area (Å²) in [4.78, 5) is -0.828. The standard InChI is InChI=1S/C11H11F6NO2S/c12-10(13,14)7-1-3-8(4-2-7)21(19,20)9(5-6-18)11(15,16)17/h1-4,9H,5-6,18H2. The Bertz CT molecular complexity index is 576. The summed E-state index contributed by atoms with van der Waals surface area (Å²) in [5, 5.41) is -2.74. The summed E-state index contributed by atoms with van der Waals surface area (Å²) in [5.41, 5.74) is 3.82. The first-order valence-corrected chi connectivity index (χ1v) is 7.13. The van der Waals surface area contributed by atoms with Crippen LogP contribution in [-0.4, -0.2) is 26.4 Å². The van der Waals surface area contributed by atoms with Crippen LogP contribution in [0.15, 0.2) is 29.2 Å². The first-order chi connectivity index (χ1) is 9.40. The summed E-state index contributed by atoms with van der Waals surface area (Å²) in [6.07, 6.45) is -10.6. The second kappa shape index (κ2) is 5.84. The molecule has 3 nitrogen and oxygen atoms in total. The van der Waals surface area contributed by atoms with Crippen molar-refractivity contribution in [2.45, 2.75) is 28.9 Å². The van der Waals surface area contributed by atoms with Gasteiger partial charge in [-0.15, -0.1) is 0 Å². The number of benzene rings is 1. The third-order valence-corrected chi connectivity index (χ3v) is 4.86. The van der Waals surface area contributed by atoms with Crippen LogP contribution in [0.3, 0.4) is 0 Å². The lowest BCUT2D eigenvalue weighted by Gasteiger charge is -2.20. The van der Waals surface area contributed by atoms with Gasteiger partial charge in [0, 0.05) is 0 Å². The highest BCUT2D eigenvalue weighted by Gasteiger charge is 2.48. The van der Waals surface area contributed by atoms with Gasteiger partial charge in [0.25, 0.3) is 0 Å². The molecule has 1 aromatic rings. The smallest absolute Gasteiger partial charge is 0.330 e. The van der Waals surface area contributed by atoms with Gasteiger partial charge in [-0.3, -0.25) is 0 Å². The molecule has 0 amide bonds. The van der Waals surface area contributed by atoms with Crippen molar-refractivity contribution in [3.8, 4) is 0 Å². The van der Waals surface area contributed by atoms with E-state index in [9.17, 15) is 34.8 Å². The van der Waals surface area contributed by atoms with Crippen LogP contribution in [0.5, 0.6) is 0 Å². The van der Waals surface area contributed by atoms with E-state index >= 15 is 0 Å². The Morgan fingerprint density at radius 1 is 1.00 bits per heavy atom. The van der Waals surface area contributed by atoms with Gasteiger partial charge in [-0.1, -0.05) is 0 Å². The zero-order valence-corrected chi connectivity index (χ0v) is 11.2. The molecule has 0 radical (unpaired) electrons. The van der Waals surface area contributed by atoms with Crippen LogP contribution >= 0.6 is 0 Å². The monoisotopic (exact) mass is 335 g/mol. The van der Waals surface area contributed by atoms with E-state index in [0.29, 0.717) is 24.3 Å². The van der Waals surface area contributed by atoms with Crippen LogP contribution in [0.4, 0.5) is 26.3 Å². The van der Waals surface area contributed by atoms with Crippen LogP contribution in [0.2, 0.25) is 0 Å². The largest absolute Gasteiger partial charge is 0.416 e. The Kier molecular flexibility index (Phi) is 4.94. The molecule has 1 unspecified atom stereocenters. The van der Waals surface area contributed by atoms with Crippen LogP contribution in [0.25, 0.3) is 0 Å². The molecule has 0 fully saturated rings. The van der Waals surface area contributed by atoms with E-state index in [-0.39, 0.29) is 0 Å². The average Bonchev–Trinajstić information content (AvgIpc) is 2.33. The van der Waals surface area contributed by atoms with Crippen LogP contribution in [0.1, 0.15) is 12.0 Å². The Hall–Kier alpha value is -1.29. The van der Waals surface area contributed by atoms with Crippen molar-refractivity contribution in [1.29, 1.82) is 0 Å². The molecule has 0 saturated carbocycles. The fourth-order valence-electron chi connectivity index (χ4n) is 1.64. The molecule has 2 N–H and O–H groups in total. The topological polar surface area (TPSA) is 60.2 Å². The predicted molar refractivity (Wildman–Crippen MR) is 62.1 cm³/mol. The fraction of sp³-hybridized carbons (Fsp3) is 0.455. The Balaban J connectivity index is 3.23. The number of hydrogen-bond acceptors (Lipinski definition) is 3. The lowest BCUT2D eigenvalue weighted by Crippen LogP contribution is -2.38. The lowest BCUT2D eigenvalue weighted by atomic mass is 10.2. The van der Waals surface area contributed by atoms with Gasteiger partial charge >= 0.3 is 12.4 Å². The molecule has 0 aliphatic heterocycles. The van der Waals surface area contributed by atoms with Gasteiger partial charge in [0.05, 0.1) is 10.5 Å². The van der Waals surface area contributed by atoms with Crippen molar-refractivity contribution < 1.29 is 34.8 Å². The maximum Gasteiger partial charge on any atom is 0.416 e. The Labute approximate surface area is 116 Å². The van der Waals surface area contributed by atoms with E-state index in [4.69, 9.17) is 5.73 Å². The summed E-state index contributed by atoms with van der Waals surface area (Å²) < 4.78 is 99.0. The van der Waals surface area contributed by atoms with Gasteiger partial charge in [-0.05, 0) is 37.2 Å². The Morgan fingerprint density at radius 2 is 1.48 bits per heavy atom. The fourth-order valence-corrected chi connectivity index (χ4v) is 3.29. The highest BCUT2D eigenvalue weighted by atomic mass is 32.2. The highest BCUT2D eigenvalue weighted by Crippen LogP contribution is 2.34. The summed E-state index contributed by atoms with van der Waals surface area (Å²) in [7, 11) is -4.86.